The predicted molar refractivity (Wildman–Crippen MR) is 117 cm³/mol. The summed E-state index contributed by atoms with van der Waals surface area (Å²) in [4.78, 5) is 13.3. The second kappa shape index (κ2) is 7.65. The largest absolute Gasteiger partial charge is 0.321 e. The molecule has 0 atom stereocenters. The van der Waals surface area contributed by atoms with Crippen LogP contribution in [0.25, 0.3) is 21.5 Å². The molecule has 5 nitrogen and oxygen atoms in total. The fraction of sp³-hybridized carbons (Fsp3) is 0.261. The van der Waals surface area contributed by atoms with Crippen LogP contribution in [0, 0.1) is 12.7 Å². The average molecular weight is 421 g/mol. The minimum absolute atomic E-state index is 0.225. The van der Waals surface area contributed by atoms with Gasteiger partial charge in [0.2, 0.25) is 0 Å². The Kier molecular flexibility index (Phi) is 4.83. The molecule has 1 aliphatic rings. The zero-order valence-corrected chi connectivity index (χ0v) is 17.4. The summed E-state index contributed by atoms with van der Waals surface area (Å²) in [6.07, 6.45) is 4.48. The first-order chi connectivity index (χ1) is 14.6. The van der Waals surface area contributed by atoms with Gasteiger partial charge >= 0.3 is 0 Å². The van der Waals surface area contributed by atoms with Crippen LogP contribution in [0.4, 0.5) is 10.1 Å². The van der Waals surface area contributed by atoms with Crippen LogP contribution in [-0.2, 0) is 13.0 Å². The van der Waals surface area contributed by atoms with E-state index < -0.39 is 0 Å². The van der Waals surface area contributed by atoms with Crippen molar-refractivity contribution in [2.75, 3.05) is 5.32 Å². The Bertz CT molecular complexity index is 1240. The molecule has 2 aromatic heterocycles. The van der Waals surface area contributed by atoms with E-state index in [-0.39, 0.29) is 11.7 Å². The summed E-state index contributed by atoms with van der Waals surface area (Å²) in [6.45, 7) is 2.73. The topological polar surface area (TPSA) is 59.8 Å². The monoisotopic (exact) mass is 420 g/mol. The van der Waals surface area contributed by atoms with Gasteiger partial charge in [-0.2, -0.15) is 0 Å². The van der Waals surface area contributed by atoms with Gasteiger partial charge in [0.1, 0.15) is 11.6 Å². The molecule has 0 radical (unpaired) electrons. The van der Waals surface area contributed by atoms with Crippen molar-refractivity contribution < 1.29 is 9.18 Å². The van der Waals surface area contributed by atoms with E-state index in [1.165, 1.54) is 23.8 Å². The van der Waals surface area contributed by atoms with Gasteiger partial charge in [0, 0.05) is 34.3 Å². The fourth-order valence-corrected chi connectivity index (χ4v) is 5.18. The molecule has 2 aromatic carbocycles. The highest BCUT2D eigenvalue weighted by molar-refractivity contribution is 7.21. The van der Waals surface area contributed by atoms with Crippen LogP contribution in [0.2, 0.25) is 0 Å². The van der Waals surface area contributed by atoms with Crippen molar-refractivity contribution in [3.8, 4) is 11.4 Å². The highest BCUT2D eigenvalue weighted by atomic mass is 32.1. The van der Waals surface area contributed by atoms with Crippen molar-refractivity contribution in [2.24, 2.45) is 0 Å². The Labute approximate surface area is 177 Å². The molecule has 1 aliphatic heterocycles. The molecule has 4 aromatic rings. The Morgan fingerprint density at radius 2 is 1.93 bits per heavy atom. The molecule has 152 valence electrons. The Hall–Kier alpha value is -3.06. The molecular weight excluding hydrogens is 399 g/mol. The number of thiophene rings is 1. The van der Waals surface area contributed by atoms with E-state index in [4.69, 9.17) is 0 Å². The van der Waals surface area contributed by atoms with Gasteiger partial charge in [-0.05, 0) is 61.7 Å². The van der Waals surface area contributed by atoms with Crippen LogP contribution in [-0.4, -0.2) is 20.7 Å². The molecule has 3 heterocycles. The van der Waals surface area contributed by atoms with Crippen molar-refractivity contribution in [2.45, 2.75) is 39.2 Å². The SMILES string of the molecule is Cc1c(C(=O)Nc2ccc(-c3nnc4n3CCCCC4)cc2)sc2cccc(F)c12. The smallest absolute Gasteiger partial charge is 0.266 e. The third-order valence-corrected chi connectivity index (χ3v) is 6.88. The van der Waals surface area contributed by atoms with E-state index in [1.54, 1.807) is 13.0 Å². The predicted octanol–water partition coefficient (Wildman–Crippen LogP) is 5.59. The zero-order valence-electron chi connectivity index (χ0n) is 16.6. The second-order valence-corrected chi connectivity index (χ2v) is 8.65. The van der Waals surface area contributed by atoms with Crippen molar-refractivity contribution >= 4 is 33.0 Å². The van der Waals surface area contributed by atoms with Crippen LogP contribution in [0.15, 0.2) is 42.5 Å². The standard InChI is InChI=1S/C23H21FN4OS/c1-14-20-17(24)6-5-7-18(20)30-21(14)23(29)25-16-11-9-15(10-12-16)22-27-26-19-8-3-2-4-13-28(19)22/h5-7,9-12H,2-4,8,13H2,1H3,(H,25,29). The number of benzene rings is 2. The normalized spacial score (nSPS) is 13.8. The lowest BCUT2D eigenvalue weighted by Crippen LogP contribution is -2.11. The minimum Gasteiger partial charge on any atom is -0.321 e. The molecule has 0 bridgehead atoms. The van der Waals surface area contributed by atoms with Gasteiger partial charge in [0.05, 0.1) is 4.88 Å². The van der Waals surface area contributed by atoms with Crippen molar-refractivity contribution in [1.29, 1.82) is 0 Å². The van der Waals surface area contributed by atoms with Gasteiger partial charge < -0.3 is 9.88 Å². The van der Waals surface area contributed by atoms with E-state index in [0.717, 1.165) is 47.7 Å². The van der Waals surface area contributed by atoms with Gasteiger partial charge in [0.15, 0.2) is 5.82 Å². The Morgan fingerprint density at radius 3 is 2.73 bits per heavy atom. The number of nitrogens with zero attached hydrogens (tertiary/aromatic N) is 3. The maximum atomic E-state index is 14.1. The van der Waals surface area contributed by atoms with E-state index in [9.17, 15) is 9.18 Å². The van der Waals surface area contributed by atoms with Crippen molar-refractivity contribution in [1.82, 2.24) is 14.8 Å². The van der Waals surface area contributed by atoms with Crippen LogP contribution in [0.3, 0.4) is 0 Å². The van der Waals surface area contributed by atoms with Gasteiger partial charge in [-0.1, -0.05) is 12.5 Å². The minimum atomic E-state index is -0.294. The summed E-state index contributed by atoms with van der Waals surface area (Å²) in [5, 5.41) is 12.2. The molecular formula is C23H21FN4OS. The molecule has 1 N–H and O–H groups in total. The lowest BCUT2D eigenvalue weighted by atomic mass is 10.1. The molecule has 0 saturated heterocycles. The van der Waals surface area contributed by atoms with Crippen LogP contribution >= 0.6 is 11.3 Å². The van der Waals surface area contributed by atoms with Gasteiger partial charge in [-0.3, -0.25) is 4.79 Å². The Morgan fingerprint density at radius 1 is 1.10 bits per heavy atom. The second-order valence-electron chi connectivity index (χ2n) is 7.60. The molecule has 7 heteroatoms. The number of halogens is 1. The van der Waals surface area contributed by atoms with Crippen molar-refractivity contribution in [3.05, 3.63) is 64.5 Å². The van der Waals surface area contributed by atoms with E-state index in [0.29, 0.717) is 21.5 Å². The van der Waals surface area contributed by atoms with Crippen LogP contribution in [0.1, 0.15) is 40.3 Å². The molecule has 30 heavy (non-hydrogen) atoms. The van der Waals surface area contributed by atoms with Crippen LogP contribution < -0.4 is 5.32 Å². The summed E-state index contributed by atoms with van der Waals surface area (Å²) < 4.78 is 17.1. The van der Waals surface area contributed by atoms with E-state index in [2.05, 4.69) is 20.1 Å². The number of carbonyl (C=O) groups excluding carboxylic acids is 1. The number of nitrogens with one attached hydrogen (secondary N) is 1. The fourth-order valence-electron chi connectivity index (χ4n) is 4.06. The highest BCUT2D eigenvalue weighted by Crippen LogP contribution is 2.33. The summed E-state index contributed by atoms with van der Waals surface area (Å²) in [5.41, 5.74) is 2.35. The first kappa shape index (κ1) is 18.9. The maximum Gasteiger partial charge on any atom is 0.266 e. The molecule has 0 saturated carbocycles. The number of anilines is 1. The molecule has 0 fully saturated rings. The van der Waals surface area contributed by atoms with Gasteiger partial charge in [-0.15, -0.1) is 21.5 Å². The van der Waals surface area contributed by atoms with Gasteiger partial charge in [0.25, 0.3) is 5.91 Å². The summed E-state index contributed by atoms with van der Waals surface area (Å²) in [6, 6.07) is 12.6. The number of carbonyl (C=O) groups is 1. The molecule has 0 unspecified atom stereocenters. The molecule has 0 spiro atoms. The Balaban J connectivity index is 1.38. The maximum absolute atomic E-state index is 14.1. The first-order valence-electron chi connectivity index (χ1n) is 10.1. The number of rotatable bonds is 3. The van der Waals surface area contributed by atoms with Crippen molar-refractivity contribution in [3.63, 3.8) is 0 Å². The summed E-state index contributed by atoms with van der Waals surface area (Å²) in [7, 11) is 0. The summed E-state index contributed by atoms with van der Waals surface area (Å²) in [5.74, 6) is 1.40. The van der Waals surface area contributed by atoms with Crippen LogP contribution in [0.5, 0.6) is 0 Å². The first-order valence-corrected chi connectivity index (χ1v) is 10.9. The number of amides is 1. The molecule has 1 amide bonds. The number of hydrogen-bond acceptors (Lipinski definition) is 4. The lowest BCUT2D eigenvalue weighted by molar-refractivity contribution is 0.103. The third kappa shape index (κ3) is 3.29. The number of aryl methyl sites for hydroxylation is 2. The third-order valence-electron chi connectivity index (χ3n) is 5.62. The van der Waals surface area contributed by atoms with Gasteiger partial charge in [-0.25, -0.2) is 4.39 Å². The summed E-state index contributed by atoms with van der Waals surface area (Å²) >= 11 is 1.31. The molecule has 5 rings (SSSR count). The lowest BCUT2D eigenvalue weighted by Gasteiger charge is -2.08. The van der Waals surface area contributed by atoms with E-state index in [1.807, 2.05) is 30.3 Å². The van der Waals surface area contributed by atoms with E-state index >= 15 is 0 Å². The number of fused-ring (bicyclic) bond motifs is 2. The number of hydrogen-bond donors (Lipinski definition) is 1. The quantitative estimate of drug-likeness (QED) is 0.470. The highest BCUT2D eigenvalue weighted by Gasteiger charge is 2.19. The molecule has 0 aliphatic carbocycles. The zero-order chi connectivity index (χ0) is 20.7. The average Bonchev–Trinajstić information content (AvgIpc) is 3.22. The number of aromatic nitrogens is 3.